The first-order chi connectivity index (χ1) is 8.19. The molecule has 1 aromatic heterocycles. The molecule has 0 saturated carbocycles. The van der Waals surface area contributed by atoms with Gasteiger partial charge in [0.05, 0.1) is 10.7 Å². The van der Waals surface area contributed by atoms with E-state index in [4.69, 9.17) is 5.73 Å². The maximum Gasteiger partial charge on any atom is 0.0972 e. The summed E-state index contributed by atoms with van der Waals surface area (Å²) in [5.74, 6) is 0.561. The fourth-order valence-electron chi connectivity index (χ4n) is 1.65. The van der Waals surface area contributed by atoms with Crippen molar-refractivity contribution in [2.75, 3.05) is 5.73 Å². The summed E-state index contributed by atoms with van der Waals surface area (Å²) in [5, 5.41) is 3.37. The Bertz CT molecular complexity index is 479. The van der Waals surface area contributed by atoms with Crippen LogP contribution >= 0.6 is 23.7 Å². The quantitative estimate of drug-likeness (QED) is 0.852. The van der Waals surface area contributed by atoms with Crippen molar-refractivity contribution in [2.24, 2.45) is 0 Å². The molecule has 2 rings (SSSR count). The maximum atomic E-state index is 5.67. The fourth-order valence-corrected chi connectivity index (χ4v) is 2.60. The number of nitrogens with two attached hydrogens (primary N) is 1. The SMILES string of the molecule is CCC(C)c1csc(Cc2ccc(N)cc2)n1.Cl. The first kappa shape index (κ1) is 15.0. The van der Waals surface area contributed by atoms with Gasteiger partial charge in [-0.2, -0.15) is 0 Å². The highest BCUT2D eigenvalue weighted by Crippen LogP contribution is 2.22. The van der Waals surface area contributed by atoms with Crippen LogP contribution in [0, 0.1) is 0 Å². The van der Waals surface area contributed by atoms with Crippen molar-refractivity contribution in [3.63, 3.8) is 0 Å². The second-order valence-corrected chi connectivity index (χ2v) is 5.34. The number of hydrogen-bond acceptors (Lipinski definition) is 3. The summed E-state index contributed by atoms with van der Waals surface area (Å²) in [5.41, 5.74) is 8.97. The second kappa shape index (κ2) is 6.76. The molecule has 0 aliphatic carbocycles. The zero-order valence-corrected chi connectivity index (χ0v) is 12.4. The summed E-state index contributed by atoms with van der Waals surface area (Å²) in [7, 11) is 0. The van der Waals surface area contributed by atoms with E-state index in [1.807, 2.05) is 12.1 Å². The van der Waals surface area contributed by atoms with Crippen LogP contribution in [0.5, 0.6) is 0 Å². The predicted molar refractivity (Wildman–Crippen MR) is 81.7 cm³/mol. The Morgan fingerprint density at radius 2 is 1.94 bits per heavy atom. The second-order valence-electron chi connectivity index (χ2n) is 4.39. The van der Waals surface area contributed by atoms with E-state index in [9.17, 15) is 0 Å². The average molecular weight is 283 g/mol. The zero-order chi connectivity index (χ0) is 12.3. The third-order valence-electron chi connectivity index (χ3n) is 3.02. The van der Waals surface area contributed by atoms with E-state index < -0.39 is 0 Å². The van der Waals surface area contributed by atoms with Gasteiger partial charge in [0, 0.05) is 17.5 Å². The number of halogens is 1. The summed E-state index contributed by atoms with van der Waals surface area (Å²) in [6.07, 6.45) is 2.05. The smallest absolute Gasteiger partial charge is 0.0972 e. The molecular weight excluding hydrogens is 264 g/mol. The molecule has 1 atom stereocenters. The molecule has 1 unspecified atom stereocenters. The maximum absolute atomic E-state index is 5.67. The van der Waals surface area contributed by atoms with E-state index in [-0.39, 0.29) is 12.4 Å². The fraction of sp³-hybridized carbons (Fsp3) is 0.357. The first-order valence-electron chi connectivity index (χ1n) is 5.97. The molecule has 0 fully saturated rings. The molecule has 4 heteroatoms. The Hall–Kier alpha value is -1.06. The van der Waals surface area contributed by atoms with Crippen molar-refractivity contribution in [1.29, 1.82) is 0 Å². The van der Waals surface area contributed by atoms with E-state index in [1.165, 1.54) is 16.3 Å². The van der Waals surface area contributed by atoms with Gasteiger partial charge < -0.3 is 5.73 Å². The number of thiazole rings is 1. The summed E-state index contributed by atoms with van der Waals surface area (Å²) < 4.78 is 0. The van der Waals surface area contributed by atoms with E-state index in [0.717, 1.165) is 18.5 Å². The van der Waals surface area contributed by atoms with Gasteiger partial charge >= 0.3 is 0 Å². The van der Waals surface area contributed by atoms with Gasteiger partial charge in [-0.15, -0.1) is 23.7 Å². The Morgan fingerprint density at radius 3 is 2.56 bits per heavy atom. The predicted octanol–water partition coefficient (Wildman–Crippen LogP) is 4.25. The number of nitrogens with zero attached hydrogens (tertiary/aromatic N) is 1. The molecule has 0 amide bonds. The van der Waals surface area contributed by atoms with Crippen molar-refractivity contribution < 1.29 is 0 Å². The van der Waals surface area contributed by atoms with Gasteiger partial charge in [-0.25, -0.2) is 4.98 Å². The Balaban J connectivity index is 0.00000162. The highest BCUT2D eigenvalue weighted by molar-refractivity contribution is 7.09. The number of aromatic nitrogens is 1. The lowest BCUT2D eigenvalue weighted by Crippen LogP contribution is -1.93. The van der Waals surface area contributed by atoms with Crippen LogP contribution in [0.2, 0.25) is 0 Å². The highest BCUT2D eigenvalue weighted by Gasteiger charge is 2.08. The summed E-state index contributed by atoms with van der Waals surface area (Å²) in [4.78, 5) is 4.69. The van der Waals surface area contributed by atoms with Crippen LogP contribution in [0.25, 0.3) is 0 Å². The molecule has 0 aliphatic heterocycles. The molecule has 0 spiro atoms. The number of anilines is 1. The van der Waals surface area contributed by atoms with Crippen LogP contribution in [0.4, 0.5) is 5.69 Å². The molecule has 0 bridgehead atoms. The Morgan fingerprint density at radius 1 is 1.28 bits per heavy atom. The van der Waals surface area contributed by atoms with Gasteiger partial charge in [0.15, 0.2) is 0 Å². The van der Waals surface area contributed by atoms with E-state index >= 15 is 0 Å². The lowest BCUT2D eigenvalue weighted by Gasteiger charge is -2.02. The van der Waals surface area contributed by atoms with Crippen molar-refractivity contribution in [3.8, 4) is 0 Å². The highest BCUT2D eigenvalue weighted by atomic mass is 35.5. The lowest BCUT2D eigenvalue weighted by atomic mass is 10.1. The molecule has 2 nitrogen and oxygen atoms in total. The normalized spacial score (nSPS) is 11.9. The standard InChI is InChI=1S/C14H18N2S.ClH/c1-3-10(2)13-9-17-14(16-13)8-11-4-6-12(15)7-5-11;/h4-7,9-10H,3,8,15H2,1-2H3;1H. The van der Waals surface area contributed by atoms with Crippen LogP contribution in [-0.4, -0.2) is 4.98 Å². The van der Waals surface area contributed by atoms with E-state index in [2.05, 4.69) is 36.3 Å². The van der Waals surface area contributed by atoms with Gasteiger partial charge in [0.25, 0.3) is 0 Å². The molecule has 1 heterocycles. The Labute approximate surface area is 119 Å². The van der Waals surface area contributed by atoms with Crippen molar-refractivity contribution >= 4 is 29.4 Å². The molecule has 98 valence electrons. The molecule has 2 N–H and O–H groups in total. The minimum absolute atomic E-state index is 0. The third-order valence-corrected chi connectivity index (χ3v) is 3.89. The molecule has 2 aromatic rings. The minimum atomic E-state index is 0. The number of hydrogen-bond donors (Lipinski definition) is 1. The molecule has 1 aromatic carbocycles. The number of nitrogen functional groups attached to an aromatic ring is 1. The van der Waals surface area contributed by atoms with E-state index in [1.54, 1.807) is 11.3 Å². The van der Waals surface area contributed by atoms with Crippen LogP contribution in [-0.2, 0) is 6.42 Å². The van der Waals surface area contributed by atoms with E-state index in [0.29, 0.717) is 5.92 Å². The van der Waals surface area contributed by atoms with Crippen LogP contribution in [0.1, 0.15) is 42.5 Å². The molecule has 0 aliphatic rings. The zero-order valence-electron chi connectivity index (χ0n) is 10.7. The van der Waals surface area contributed by atoms with Crippen LogP contribution in [0.3, 0.4) is 0 Å². The van der Waals surface area contributed by atoms with Gasteiger partial charge in [0.2, 0.25) is 0 Å². The van der Waals surface area contributed by atoms with Crippen molar-refractivity contribution in [2.45, 2.75) is 32.6 Å². The Kier molecular flexibility index (Phi) is 5.63. The minimum Gasteiger partial charge on any atom is -0.399 e. The largest absolute Gasteiger partial charge is 0.399 e. The van der Waals surface area contributed by atoms with Gasteiger partial charge in [0.1, 0.15) is 0 Å². The summed E-state index contributed by atoms with van der Waals surface area (Å²) in [6, 6.07) is 8.02. The average Bonchev–Trinajstić information content (AvgIpc) is 2.80. The molecule has 0 saturated heterocycles. The van der Waals surface area contributed by atoms with Gasteiger partial charge in [-0.1, -0.05) is 26.0 Å². The monoisotopic (exact) mass is 282 g/mol. The topological polar surface area (TPSA) is 38.9 Å². The van der Waals surface area contributed by atoms with Crippen LogP contribution in [0.15, 0.2) is 29.6 Å². The van der Waals surface area contributed by atoms with Gasteiger partial charge in [-0.3, -0.25) is 0 Å². The number of rotatable bonds is 4. The third kappa shape index (κ3) is 3.72. The first-order valence-corrected chi connectivity index (χ1v) is 6.85. The van der Waals surface area contributed by atoms with Crippen molar-refractivity contribution in [1.82, 2.24) is 4.98 Å². The molecular formula is C14H19ClN2S. The lowest BCUT2D eigenvalue weighted by molar-refractivity contribution is 0.710. The van der Waals surface area contributed by atoms with Gasteiger partial charge in [-0.05, 0) is 30.0 Å². The molecule has 18 heavy (non-hydrogen) atoms. The van der Waals surface area contributed by atoms with Crippen LogP contribution < -0.4 is 5.73 Å². The number of benzene rings is 1. The summed E-state index contributed by atoms with van der Waals surface area (Å²) >= 11 is 1.75. The summed E-state index contributed by atoms with van der Waals surface area (Å²) in [6.45, 7) is 4.42. The van der Waals surface area contributed by atoms with Crippen molar-refractivity contribution in [3.05, 3.63) is 45.9 Å². The molecule has 0 radical (unpaired) electrons.